The van der Waals surface area contributed by atoms with Crippen LogP contribution in [0.3, 0.4) is 0 Å². The van der Waals surface area contributed by atoms with Crippen LogP contribution < -0.4 is 9.62 Å². The second kappa shape index (κ2) is 11.4. The number of benzene rings is 2. The quantitative estimate of drug-likeness (QED) is 0.530. The first-order valence-electron chi connectivity index (χ1n) is 10.8. The van der Waals surface area contributed by atoms with Gasteiger partial charge < -0.3 is 10.2 Å². The maximum absolute atomic E-state index is 13.5. The minimum absolute atomic E-state index is 0.0973. The maximum Gasteiger partial charge on any atom is 0.244 e. The van der Waals surface area contributed by atoms with E-state index in [2.05, 4.69) is 5.32 Å². The first-order valence-corrected chi connectivity index (χ1v) is 13.4. The highest BCUT2D eigenvalue weighted by Crippen LogP contribution is 2.30. The molecule has 0 spiro atoms. The van der Waals surface area contributed by atoms with E-state index in [1.54, 1.807) is 6.92 Å². The largest absolute Gasteiger partial charge is 0.350 e. The zero-order chi connectivity index (χ0) is 25.7. The molecular formula is C24H31Cl2N3O4S. The van der Waals surface area contributed by atoms with Gasteiger partial charge >= 0.3 is 0 Å². The summed E-state index contributed by atoms with van der Waals surface area (Å²) in [5.41, 5.74) is 0.635. The number of hydrogen-bond donors (Lipinski definition) is 1. The highest BCUT2D eigenvalue weighted by atomic mass is 35.5. The van der Waals surface area contributed by atoms with Crippen molar-refractivity contribution in [1.82, 2.24) is 10.2 Å². The van der Waals surface area contributed by atoms with Gasteiger partial charge in [-0.2, -0.15) is 0 Å². The summed E-state index contributed by atoms with van der Waals surface area (Å²) in [5, 5.41) is 3.32. The van der Waals surface area contributed by atoms with Gasteiger partial charge in [0.25, 0.3) is 0 Å². The Bertz CT molecular complexity index is 1120. The fourth-order valence-electron chi connectivity index (χ4n) is 3.32. The molecule has 0 saturated heterocycles. The molecule has 0 aliphatic carbocycles. The maximum atomic E-state index is 13.5. The number of rotatable bonds is 9. The average molecular weight is 529 g/mol. The van der Waals surface area contributed by atoms with Gasteiger partial charge in [-0.05, 0) is 57.9 Å². The first kappa shape index (κ1) is 28.0. The molecule has 1 unspecified atom stereocenters. The third-order valence-electron chi connectivity index (χ3n) is 5.01. The van der Waals surface area contributed by atoms with Crippen molar-refractivity contribution in [3.63, 3.8) is 0 Å². The molecule has 7 nitrogen and oxygen atoms in total. The number of nitrogens with zero attached hydrogens (tertiary/aromatic N) is 2. The Balaban J connectivity index is 2.36. The van der Waals surface area contributed by atoms with Crippen LogP contribution in [0.1, 0.15) is 33.3 Å². The van der Waals surface area contributed by atoms with Crippen LogP contribution in [0.25, 0.3) is 0 Å². The van der Waals surface area contributed by atoms with E-state index in [4.69, 9.17) is 23.2 Å². The van der Waals surface area contributed by atoms with E-state index >= 15 is 0 Å². The molecule has 0 saturated carbocycles. The predicted octanol–water partition coefficient (Wildman–Crippen LogP) is 4.13. The monoisotopic (exact) mass is 527 g/mol. The summed E-state index contributed by atoms with van der Waals surface area (Å²) in [7, 11) is -3.87. The fourth-order valence-corrected chi connectivity index (χ4v) is 4.74. The first-order chi connectivity index (χ1) is 15.7. The van der Waals surface area contributed by atoms with Crippen molar-refractivity contribution in [2.45, 2.75) is 45.7 Å². The van der Waals surface area contributed by atoms with Crippen molar-refractivity contribution in [3.05, 3.63) is 64.1 Å². The van der Waals surface area contributed by atoms with Crippen molar-refractivity contribution in [1.29, 1.82) is 0 Å². The number of hydrogen-bond acceptors (Lipinski definition) is 4. The van der Waals surface area contributed by atoms with E-state index in [9.17, 15) is 18.0 Å². The molecule has 186 valence electrons. The van der Waals surface area contributed by atoms with Gasteiger partial charge in [-0.1, -0.05) is 53.5 Å². The molecule has 10 heteroatoms. The van der Waals surface area contributed by atoms with Crippen molar-refractivity contribution in [2.75, 3.05) is 23.7 Å². The highest BCUT2D eigenvalue weighted by molar-refractivity contribution is 7.92. The van der Waals surface area contributed by atoms with Crippen molar-refractivity contribution in [2.24, 2.45) is 0 Å². The number of amides is 2. The smallest absolute Gasteiger partial charge is 0.244 e. The second-order valence-corrected chi connectivity index (χ2v) is 11.9. The van der Waals surface area contributed by atoms with Gasteiger partial charge in [-0.25, -0.2) is 8.42 Å². The molecule has 0 aliphatic rings. The average Bonchev–Trinajstić information content (AvgIpc) is 2.71. The second-order valence-electron chi connectivity index (χ2n) is 9.10. The van der Waals surface area contributed by atoms with Crippen LogP contribution in [0.5, 0.6) is 0 Å². The molecule has 0 radical (unpaired) electrons. The molecule has 0 aromatic heterocycles. The number of halogens is 2. The van der Waals surface area contributed by atoms with Crippen LogP contribution in [0.2, 0.25) is 10.0 Å². The summed E-state index contributed by atoms with van der Waals surface area (Å²) in [5.74, 6) is -0.853. The molecule has 2 amide bonds. The molecule has 0 bridgehead atoms. The van der Waals surface area contributed by atoms with Crippen LogP contribution in [-0.4, -0.2) is 56.1 Å². The topological polar surface area (TPSA) is 86.8 Å². The predicted molar refractivity (Wildman–Crippen MR) is 138 cm³/mol. The normalized spacial score (nSPS) is 12.7. The highest BCUT2D eigenvalue weighted by Gasteiger charge is 2.31. The van der Waals surface area contributed by atoms with Gasteiger partial charge in [0.2, 0.25) is 21.8 Å². The third-order valence-corrected chi connectivity index (χ3v) is 6.67. The molecule has 0 aliphatic heterocycles. The minimum Gasteiger partial charge on any atom is -0.350 e. The van der Waals surface area contributed by atoms with E-state index in [0.29, 0.717) is 11.4 Å². The zero-order valence-electron chi connectivity index (χ0n) is 20.0. The van der Waals surface area contributed by atoms with Crippen LogP contribution in [0, 0.1) is 0 Å². The number of carbonyl (C=O) groups is 2. The van der Waals surface area contributed by atoms with Crippen LogP contribution in [-0.2, 0) is 26.0 Å². The van der Waals surface area contributed by atoms with Crippen LogP contribution in [0.15, 0.2) is 48.5 Å². The van der Waals surface area contributed by atoms with Gasteiger partial charge in [0.05, 0.1) is 17.0 Å². The van der Waals surface area contributed by atoms with Crippen molar-refractivity contribution < 1.29 is 18.0 Å². The summed E-state index contributed by atoms with van der Waals surface area (Å²) >= 11 is 12.2. The Morgan fingerprint density at radius 3 is 2.21 bits per heavy atom. The fraction of sp³-hybridized carbons (Fsp3) is 0.417. The Kier molecular flexibility index (Phi) is 9.39. The van der Waals surface area contributed by atoms with E-state index in [1.165, 1.54) is 23.1 Å². The lowest BCUT2D eigenvalue weighted by molar-refractivity contribution is -0.139. The van der Waals surface area contributed by atoms with Crippen molar-refractivity contribution in [3.8, 4) is 0 Å². The molecule has 2 aromatic carbocycles. The lowest BCUT2D eigenvalue weighted by Crippen LogP contribution is -2.55. The van der Waals surface area contributed by atoms with Crippen LogP contribution >= 0.6 is 23.2 Å². The molecule has 1 N–H and O–H groups in total. The lowest BCUT2D eigenvalue weighted by Gasteiger charge is -2.33. The third kappa shape index (κ3) is 8.18. The van der Waals surface area contributed by atoms with Gasteiger partial charge in [-0.3, -0.25) is 13.9 Å². The van der Waals surface area contributed by atoms with Crippen molar-refractivity contribution >= 4 is 50.7 Å². The lowest BCUT2D eigenvalue weighted by atomic mass is 10.1. The standard InChI is InChI=1S/C24H31Cl2N3O4S/c1-17(23(31)27-24(2,3)4)28(14-13-18-9-7-6-8-10-18)22(30)16-29(34(5,32)33)21-12-11-19(25)15-20(21)26/h6-12,15,17H,13-14,16H2,1-5H3,(H,27,31). The number of anilines is 1. The molecule has 34 heavy (non-hydrogen) atoms. The Labute approximate surface area is 212 Å². The molecule has 0 fully saturated rings. The summed E-state index contributed by atoms with van der Waals surface area (Å²) in [4.78, 5) is 27.7. The van der Waals surface area contributed by atoms with Gasteiger partial charge in [0.15, 0.2) is 0 Å². The van der Waals surface area contributed by atoms with E-state index in [-0.39, 0.29) is 23.2 Å². The van der Waals surface area contributed by atoms with Gasteiger partial charge in [0.1, 0.15) is 12.6 Å². The van der Waals surface area contributed by atoms with E-state index in [0.717, 1.165) is 16.1 Å². The summed E-state index contributed by atoms with van der Waals surface area (Å²) in [6, 6.07) is 13.1. The molecular weight excluding hydrogens is 497 g/mol. The Morgan fingerprint density at radius 2 is 1.68 bits per heavy atom. The number of nitrogens with one attached hydrogen (secondary N) is 1. The molecule has 2 aromatic rings. The minimum atomic E-state index is -3.87. The number of carbonyl (C=O) groups excluding carboxylic acids is 2. The molecule has 0 heterocycles. The van der Waals surface area contributed by atoms with Gasteiger partial charge in [-0.15, -0.1) is 0 Å². The van der Waals surface area contributed by atoms with Crippen LogP contribution in [0.4, 0.5) is 5.69 Å². The Hall–Kier alpha value is -2.29. The Morgan fingerprint density at radius 1 is 1.06 bits per heavy atom. The van der Waals surface area contributed by atoms with E-state index < -0.39 is 34.1 Å². The summed E-state index contributed by atoms with van der Waals surface area (Å²) in [6.45, 7) is 6.89. The van der Waals surface area contributed by atoms with Gasteiger partial charge in [0, 0.05) is 17.1 Å². The van der Waals surface area contributed by atoms with E-state index in [1.807, 2.05) is 51.1 Å². The molecule has 2 rings (SSSR count). The SMILES string of the molecule is CC(C(=O)NC(C)(C)C)N(CCc1ccccc1)C(=O)CN(c1ccc(Cl)cc1Cl)S(C)(=O)=O. The number of sulfonamides is 1. The summed E-state index contributed by atoms with van der Waals surface area (Å²) in [6.07, 6.45) is 1.50. The molecule has 1 atom stereocenters. The zero-order valence-corrected chi connectivity index (χ0v) is 22.3. The summed E-state index contributed by atoms with van der Waals surface area (Å²) < 4.78 is 26.1.